The van der Waals surface area contributed by atoms with Gasteiger partial charge < -0.3 is 28.8 Å². The number of rotatable bonds is 13. The Morgan fingerprint density at radius 1 is 0.906 bits per heavy atom. The van der Waals surface area contributed by atoms with Gasteiger partial charge >= 0.3 is 25.6 Å². The van der Waals surface area contributed by atoms with Crippen molar-refractivity contribution in [2.75, 3.05) is 30.0 Å². The Kier molecular flexibility index (Phi) is 11.6. The fourth-order valence-electron chi connectivity index (χ4n) is 6.16. The van der Waals surface area contributed by atoms with Crippen LogP contribution in [0.5, 0.6) is 0 Å². The first kappa shape index (κ1) is 38.1. The Bertz CT molecular complexity index is 2020. The number of imidazole rings is 1. The molecule has 53 heavy (non-hydrogen) atoms. The first-order valence-corrected chi connectivity index (χ1v) is 18.7. The number of aliphatic hydroxyl groups is 1. The molecular weight excluding hydrogens is 783 g/mol. The average molecular weight is 820 g/mol. The van der Waals surface area contributed by atoms with Crippen LogP contribution in [0.1, 0.15) is 33.0 Å². The predicted molar refractivity (Wildman–Crippen MR) is 190 cm³/mol. The summed E-state index contributed by atoms with van der Waals surface area (Å²) in [6, 6.07) is 16.6. The van der Waals surface area contributed by atoms with Crippen LogP contribution in [0.4, 0.5) is 11.4 Å². The lowest BCUT2D eigenvalue weighted by Crippen LogP contribution is -2.40. The third-order valence-electron chi connectivity index (χ3n) is 8.32. The number of aromatic nitrogens is 4. The smallest absolute Gasteiger partial charge is 0.391 e. The molecule has 2 aromatic carbocycles. The van der Waals surface area contributed by atoms with Crippen LogP contribution in [0.15, 0.2) is 76.5 Å². The molecule has 0 aliphatic carbocycles. The van der Waals surface area contributed by atoms with E-state index in [4.69, 9.17) is 28.2 Å². The number of nitrogens with one attached hydrogen (secondary N) is 2. The number of nitrogens with zero attached hydrogens (tertiary/aromatic N) is 4. The molecule has 7 atom stereocenters. The highest BCUT2D eigenvalue weighted by molar-refractivity contribution is 9.10. The van der Waals surface area contributed by atoms with Crippen LogP contribution in [0.3, 0.4) is 0 Å². The number of carbonyl (C=O) groups is 3. The lowest BCUT2D eigenvalue weighted by molar-refractivity contribution is -0.165. The number of hydrogen-bond donors (Lipinski definition) is 3. The molecule has 0 radical (unpaired) electrons. The number of hydrogen-bond acceptors (Lipinski definition) is 14. The molecule has 0 spiro atoms. The zero-order valence-corrected chi connectivity index (χ0v) is 31.0. The number of halogens is 1. The molecule has 18 nitrogen and oxygen atoms in total. The Balaban J connectivity index is 1.34. The van der Waals surface area contributed by atoms with Crippen molar-refractivity contribution in [3.63, 3.8) is 0 Å². The standard InChI is InChI=1S/C33H36BrN6O12P/c1-18(42)49-27-23(15-47-24(27)14-41)39-17-35-30-26(31(39)45)36-33(34)40(30)32-29(51-20(3)44)28(50-19(2)43)25(52-32)16-48-53(46,37-21-10-6-4-7-11-21)38-22-12-8-5-9-13-22/h4-13,17,23-25,27-29,32,41H,14-16H2,1-3H3,(H2,37,38,46)/t23-,24-,25+,27-,28+,29+,32+/m0/s1. The molecule has 6 rings (SSSR count). The third kappa shape index (κ3) is 8.45. The monoisotopic (exact) mass is 818 g/mol. The van der Waals surface area contributed by atoms with Gasteiger partial charge in [0.25, 0.3) is 5.56 Å². The average Bonchev–Trinajstić information content (AvgIpc) is 3.77. The molecule has 0 amide bonds. The Labute approximate surface area is 310 Å². The number of anilines is 2. The van der Waals surface area contributed by atoms with Gasteiger partial charge in [-0.05, 0) is 40.2 Å². The molecule has 4 aromatic rings. The highest BCUT2D eigenvalue weighted by atomic mass is 79.9. The van der Waals surface area contributed by atoms with Crippen molar-refractivity contribution in [1.29, 1.82) is 0 Å². The molecule has 2 aromatic heterocycles. The predicted octanol–water partition coefficient (Wildman–Crippen LogP) is 3.33. The van der Waals surface area contributed by atoms with Gasteiger partial charge in [-0.25, -0.2) is 14.5 Å². The number of fused-ring (bicyclic) bond motifs is 1. The van der Waals surface area contributed by atoms with E-state index >= 15 is 0 Å². The Morgan fingerprint density at radius 3 is 2.04 bits per heavy atom. The highest BCUT2D eigenvalue weighted by Gasteiger charge is 2.52. The molecule has 2 aliphatic rings. The van der Waals surface area contributed by atoms with Crippen LogP contribution in [-0.4, -0.2) is 92.5 Å². The van der Waals surface area contributed by atoms with Gasteiger partial charge in [-0.3, -0.25) is 43.0 Å². The van der Waals surface area contributed by atoms with Crippen LogP contribution in [-0.2, 0) is 47.2 Å². The van der Waals surface area contributed by atoms with E-state index in [-0.39, 0.29) is 22.5 Å². The van der Waals surface area contributed by atoms with Gasteiger partial charge in [0.2, 0.25) is 0 Å². The fraction of sp³-hybridized carbons (Fsp3) is 0.394. The summed E-state index contributed by atoms with van der Waals surface area (Å²) in [7, 11) is -3.97. The maximum atomic E-state index is 14.3. The fourth-order valence-corrected chi connectivity index (χ4v) is 8.22. The highest BCUT2D eigenvalue weighted by Crippen LogP contribution is 2.48. The molecular formula is C33H36BrN6O12P. The van der Waals surface area contributed by atoms with Gasteiger partial charge in [0.05, 0.1) is 19.8 Å². The Hall–Kier alpha value is -4.65. The molecule has 3 N–H and O–H groups in total. The zero-order valence-electron chi connectivity index (χ0n) is 28.6. The molecule has 0 bridgehead atoms. The van der Waals surface area contributed by atoms with Crippen LogP contribution in [0.25, 0.3) is 11.2 Å². The second-order valence-corrected chi connectivity index (χ2v) is 14.6. The molecule has 2 saturated heterocycles. The maximum absolute atomic E-state index is 14.3. The van der Waals surface area contributed by atoms with Crippen molar-refractivity contribution in [1.82, 2.24) is 19.1 Å². The van der Waals surface area contributed by atoms with Crippen LogP contribution < -0.4 is 15.7 Å². The lowest BCUT2D eigenvalue weighted by atomic mass is 10.1. The van der Waals surface area contributed by atoms with Crippen molar-refractivity contribution in [3.05, 3.63) is 82.1 Å². The maximum Gasteiger partial charge on any atom is 0.391 e. The molecule has 282 valence electrons. The number of esters is 3. The van der Waals surface area contributed by atoms with Crippen LogP contribution >= 0.6 is 23.6 Å². The first-order valence-electron chi connectivity index (χ1n) is 16.3. The number of ether oxygens (including phenoxy) is 5. The Morgan fingerprint density at radius 2 is 1.47 bits per heavy atom. The SMILES string of the molecule is CC(=O)O[C@@H]1[C@H](OC(C)=O)[C@@H](COP(=O)(Nc2ccccc2)Nc2ccccc2)O[C@H]1n1c(Br)nc2c(=O)n([C@H]3CO[C@@H](CO)[C@H]3OC(C)=O)cnc21. The summed E-state index contributed by atoms with van der Waals surface area (Å²) in [6.07, 6.45) is -5.75. The molecule has 20 heteroatoms. The van der Waals surface area contributed by atoms with Crippen molar-refractivity contribution in [2.24, 2.45) is 0 Å². The van der Waals surface area contributed by atoms with Crippen molar-refractivity contribution < 1.29 is 52.3 Å². The minimum atomic E-state index is -3.97. The zero-order chi connectivity index (χ0) is 37.9. The van der Waals surface area contributed by atoms with Crippen molar-refractivity contribution in [2.45, 2.75) is 63.6 Å². The second-order valence-electron chi connectivity index (χ2n) is 12.1. The summed E-state index contributed by atoms with van der Waals surface area (Å²) >= 11 is 3.37. The van der Waals surface area contributed by atoms with E-state index in [9.17, 15) is 28.8 Å². The van der Waals surface area contributed by atoms with Gasteiger partial charge in [-0.1, -0.05) is 36.4 Å². The van der Waals surface area contributed by atoms with Gasteiger partial charge in [-0.15, -0.1) is 0 Å². The first-order chi connectivity index (χ1) is 25.4. The topological polar surface area (TPSA) is 221 Å². The van der Waals surface area contributed by atoms with E-state index in [1.54, 1.807) is 60.7 Å². The lowest BCUT2D eigenvalue weighted by Gasteiger charge is -2.26. The van der Waals surface area contributed by atoms with Gasteiger partial charge in [-0.2, -0.15) is 0 Å². The molecule has 2 fully saturated rings. The van der Waals surface area contributed by atoms with Crippen LogP contribution in [0, 0.1) is 0 Å². The summed E-state index contributed by atoms with van der Waals surface area (Å²) < 4.78 is 51.5. The summed E-state index contributed by atoms with van der Waals surface area (Å²) in [5, 5.41) is 15.6. The quantitative estimate of drug-likeness (QED) is 0.0762. The van der Waals surface area contributed by atoms with E-state index in [0.29, 0.717) is 11.4 Å². The van der Waals surface area contributed by atoms with E-state index in [2.05, 4.69) is 36.1 Å². The molecule has 4 heterocycles. The van der Waals surface area contributed by atoms with Gasteiger partial charge in [0.15, 0.2) is 40.4 Å². The molecule has 0 saturated carbocycles. The summed E-state index contributed by atoms with van der Waals surface area (Å²) in [5.74, 6) is -2.10. The van der Waals surface area contributed by atoms with E-state index < -0.39 is 87.1 Å². The van der Waals surface area contributed by atoms with E-state index in [1.807, 2.05) is 0 Å². The molecule has 2 aliphatic heterocycles. The van der Waals surface area contributed by atoms with E-state index in [0.717, 1.165) is 6.92 Å². The largest absolute Gasteiger partial charge is 0.457 e. The van der Waals surface area contributed by atoms with Crippen molar-refractivity contribution >= 4 is 64.0 Å². The third-order valence-corrected chi connectivity index (χ3v) is 10.5. The summed E-state index contributed by atoms with van der Waals surface area (Å²) in [4.78, 5) is 59.4. The summed E-state index contributed by atoms with van der Waals surface area (Å²) in [6.45, 7) is 2.57. The van der Waals surface area contributed by atoms with E-state index in [1.165, 1.54) is 29.3 Å². The minimum absolute atomic E-state index is 0.00718. The van der Waals surface area contributed by atoms with Gasteiger partial charge in [0, 0.05) is 32.1 Å². The normalized spacial score (nSPS) is 24.1. The minimum Gasteiger partial charge on any atom is -0.457 e. The second kappa shape index (κ2) is 16.2. The van der Waals surface area contributed by atoms with Gasteiger partial charge in [0.1, 0.15) is 24.6 Å². The number of aliphatic hydroxyl groups excluding tert-OH is 1. The number of carbonyl (C=O) groups excluding carboxylic acids is 3. The number of benzene rings is 2. The van der Waals surface area contributed by atoms with Crippen LogP contribution in [0.2, 0.25) is 0 Å². The molecule has 0 unspecified atom stereocenters. The van der Waals surface area contributed by atoms with Crippen molar-refractivity contribution in [3.8, 4) is 0 Å². The number of para-hydroxylation sites is 2. The summed E-state index contributed by atoms with van der Waals surface area (Å²) in [5.41, 5.74) is 0.175.